The third kappa shape index (κ3) is 15.5. The third-order valence-corrected chi connectivity index (χ3v) is 2.79. The van der Waals surface area contributed by atoms with Gasteiger partial charge in [0, 0.05) is 24.6 Å². The lowest BCUT2D eigenvalue weighted by atomic mass is 10.2. The lowest BCUT2D eigenvalue weighted by Gasteiger charge is -2.26. The molecule has 26 heavy (non-hydrogen) atoms. The van der Waals surface area contributed by atoms with Crippen molar-refractivity contribution >= 4 is 6.09 Å². The van der Waals surface area contributed by atoms with Gasteiger partial charge in [-0.25, -0.2) is 4.79 Å². The molecule has 0 aliphatic rings. The van der Waals surface area contributed by atoms with Crippen LogP contribution in [0.1, 0.15) is 27.2 Å². The van der Waals surface area contributed by atoms with Crippen LogP contribution < -0.4 is 0 Å². The summed E-state index contributed by atoms with van der Waals surface area (Å²) in [6.07, 6.45) is 5.54. The highest BCUT2D eigenvalue weighted by Crippen LogP contribution is 2.10. The van der Waals surface area contributed by atoms with Gasteiger partial charge in [0.05, 0.1) is 39.6 Å². The average Bonchev–Trinajstić information content (AvgIpc) is 2.56. The molecule has 0 atom stereocenters. The molecule has 0 saturated carbocycles. The molecule has 0 heterocycles. The molecule has 0 aromatic rings. The van der Waals surface area contributed by atoms with E-state index in [9.17, 15) is 4.79 Å². The Hall–Kier alpha value is -1.98. The van der Waals surface area contributed by atoms with E-state index in [2.05, 4.69) is 15.9 Å². The number of azide groups is 1. The number of ether oxygens (including phenoxy) is 4. The predicted octanol–water partition coefficient (Wildman–Crippen LogP) is 2.61. The van der Waals surface area contributed by atoms with E-state index in [1.807, 2.05) is 20.8 Å². The van der Waals surface area contributed by atoms with Gasteiger partial charge in [-0.05, 0) is 32.7 Å². The highest BCUT2D eigenvalue weighted by atomic mass is 16.6. The van der Waals surface area contributed by atoms with Gasteiger partial charge in [0.2, 0.25) is 0 Å². The zero-order valence-corrected chi connectivity index (χ0v) is 16.0. The molecule has 0 bridgehead atoms. The number of hydrogen-bond donors (Lipinski definition) is 0. The molecule has 0 aliphatic heterocycles. The highest BCUT2D eigenvalue weighted by Gasteiger charge is 2.21. The molecule has 0 rings (SSSR count). The van der Waals surface area contributed by atoms with Gasteiger partial charge in [-0.15, -0.1) is 6.42 Å². The second-order valence-electron chi connectivity index (χ2n) is 6.25. The number of amides is 1. The lowest BCUT2D eigenvalue weighted by Crippen LogP contribution is -2.38. The SMILES string of the molecule is C#CCN(CCCOCCOCCOCCN=[N+]=[N-])C(=O)OC(C)(C)C. The van der Waals surface area contributed by atoms with Crippen molar-refractivity contribution in [2.75, 3.05) is 59.3 Å². The van der Waals surface area contributed by atoms with E-state index in [0.717, 1.165) is 0 Å². The van der Waals surface area contributed by atoms with Crippen LogP contribution in [-0.2, 0) is 18.9 Å². The van der Waals surface area contributed by atoms with Crippen molar-refractivity contribution in [3.63, 3.8) is 0 Å². The molecule has 9 heteroatoms. The largest absolute Gasteiger partial charge is 0.444 e. The molecule has 0 saturated heterocycles. The minimum Gasteiger partial charge on any atom is -0.444 e. The van der Waals surface area contributed by atoms with Gasteiger partial charge in [0.25, 0.3) is 0 Å². The van der Waals surface area contributed by atoms with Crippen LogP contribution in [-0.4, -0.2) is 75.9 Å². The maximum absolute atomic E-state index is 12.0. The first kappa shape index (κ1) is 24.0. The van der Waals surface area contributed by atoms with E-state index in [4.69, 9.17) is 30.9 Å². The average molecular weight is 370 g/mol. The summed E-state index contributed by atoms with van der Waals surface area (Å²) in [5, 5.41) is 3.35. The molecule has 0 unspecified atom stereocenters. The Morgan fingerprint density at radius 1 is 1.12 bits per heavy atom. The first-order valence-corrected chi connectivity index (χ1v) is 8.56. The molecule has 0 fully saturated rings. The summed E-state index contributed by atoms with van der Waals surface area (Å²) in [7, 11) is 0. The molecule has 0 spiro atoms. The zero-order chi connectivity index (χ0) is 19.7. The van der Waals surface area contributed by atoms with Gasteiger partial charge >= 0.3 is 6.09 Å². The zero-order valence-electron chi connectivity index (χ0n) is 16.0. The topological polar surface area (TPSA) is 106 Å². The van der Waals surface area contributed by atoms with Crippen LogP contribution in [0.15, 0.2) is 5.11 Å². The normalized spacial score (nSPS) is 10.7. The molecular weight excluding hydrogens is 340 g/mol. The Morgan fingerprint density at radius 3 is 2.23 bits per heavy atom. The maximum atomic E-state index is 12.0. The summed E-state index contributed by atoms with van der Waals surface area (Å²) in [5.41, 5.74) is 7.54. The number of carbonyl (C=O) groups excluding carboxylic acids is 1. The number of hydrogen-bond acceptors (Lipinski definition) is 6. The maximum Gasteiger partial charge on any atom is 0.411 e. The Labute approximate surface area is 155 Å². The van der Waals surface area contributed by atoms with Crippen LogP contribution in [0, 0.1) is 12.3 Å². The van der Waals surface area contributed by atoms with Crippen molar-refractivity contribution in [2.24, 2.45) is 5.11 Å². The van der Waals surface area contributed by atoms with E-state index in [1.165, 1.54) is 4.90 Å². The minimum atomic E-state index is -0.551. The number of terminal acetylenes is 1. The molecule has 1 amide bonds. The van der Waals surface area contributed by atoms with Crippen molar-refractivity contribution in [3.8, 4) is 12.3 Å². The van der Waals surface area contributed by atoms with Crippen LogP contribution >= 0.6 is 0 Å². The van der Waals surface area contributed by atoms with Gasteiger partial charge in [0.1, 0.15) is 5.60 Å². The molecule has 0 aromatic heterocycles. The monoisotopic (exact) mass is 370 g/mol. The fourth-order valence-corrected chi connectivity index (χ4v) is 1.72. The molecule has 0 radical (unpaired) electrons. The quantitative estimate of drug-likeness (QED) is 0.154. The Balaban J connectivity index is 3.63. The summed E-state index contributed by atoms with van der Waals surface area (Å²) in [5.74, 6) is 2.46. The summed E-state index contributed by atoms with van der Waals surface area (Å²) in [4.78, 5) is 16.1. The smallest absolute Gasteiger partial charge is 0.411 e. The number of carbonyl (C=O) groups is 1. The molecule has 148 valence electrons. The van der Waals surface area contributed by atoms with Crippen LogP contribution in [0.3, 0.4) is 0 Å². The van der Waals surface area contributed by atoms with Crippen LogP contribution in [0.4, 0.5) is 4.79 Å². The summed E-state index contributed by atoms with van der Waals surface area (Å²) < 4.78 is 21.3. The first-order valence-electron chi connectivity index (χ1n) is 8.56. The Kier molecular flexibility index (Phi) is 14.1. The fourth-order valence-electron chi connectivity index (χ4n) is 1.72. The second kappa shape index (κ2) is 15.3. The first-order chi connectivity index (χ1) is 12.4. The van der Waals surface area contributed by atoms with Crippen molar-refractivity contribution in [1.82, 2.24) is 4.90 Å². The van der Waals surface area contributed by atoms with Crippen LogP contribution in [0.2, 0.25) is 0 Å². The van der Waals surface area contributed by atoms with Gasteiger partial charge < -0.3 is 18.9 Å². The van der Waals surface area contributed by atoms with Gasteiger partial charge in [-0.3, -0.25) is 4.90 Å². The highest BCUT2D eigenvalue weighted by molar-refractivity contribution is 5.68. The third-order valence-electron chi connectivity index (χ3n) is 2.79. The Morgan fingerprint density at radius 2 is 1.69 bits per heavy atom. The van der Waals surface area contributed by atoms with Crippen molar-refractivity contribution in [2.45, 2.75) is 32.8 Å². The standard InChI is InChI=1S/C17H30N4O5/c1-5-8-21(16(22)26-17(2,3)4)9-6-10-23-12-14-25-15-13-24-11-7-19-20-18/h1H,6-15H2,2-4H3. The van der Waals surface area contributed by atoms with Crippen LogP contribution in [0.5, 0.6) is 0 Å². The molecule has 9 nitrogen and oxygen atoms in total. The van der Waals surface area contributed by atoms with Gasteiger partial charge in [-0.2, -0.15) is 0 Å². The van der Waals surface area contributed by atoms with Gasteiger partial charge in [0.15, 0.2) is 0 Å². The van der Waals surface area contributed by atoms with E-state index in [0.29, 0.717) is 59.2 Å². The van der Waals surface area contributed by atoms with Gasteiger partial charge in [-0.1, -0.05) is 11.0 Å². The number of rotatable bonds is 14. The second-order valence-corrected chi connectivity index (χ2v) is 6.25. The number of nitrogens with zero attached hydrogens (tertiary/aromatic N) is 4. The van der Waals surface area contributed by atoms with Crippen LogP contribution in [0.25, 0.3) is 10.4 Å². The predicted molar refractivity (Wildman–Crippen MR) is 97.7 cm³/mol. The van der Waals surface area contributed by atoms with E-state index >= 15 is 0 Å². The van der Waals surface area contributed by atoms with E-state index in [-0.39, 0.29) is 6.54 Å². The van der Waals surface area contributed by atoms with Crippen molar-refractivity contribution in [3.05, 3.63) is 10.4 Å². The van der Waals surface area contributed by atoms with Crippen molar-refractivity contribution < 1.29 is 23.7 Å². The molecule has 0 aliphatic carbocycles. The summed E-state index contributed by atoms with van der Waals surface area (Å²) in [6, 6.07) is 0. The van der Waals surface area contributed by atoms with E-state index in [1.54, 1.807) is 0 Å². The summed E-state index contributed by atoms with van der Waals surface area (Å²) >= 11 is 0. The minimum absolute atomic E-state index is 0.206. The summed E-state index contributed by atoms with van der Waals surface area (Å²) in [6.45, 7) is 9.13. The van der Waals surface area contributed by atoms with Crippen molar-refractivity contribution in [1.29, 1.82) is 0 Å². The lowest BCUT2D eigenvalue weighted by molar-refractivity contribution is 0.0114. The molecule has 0 N–H and O–H groups in total. The van der Waals surface area contributed by atoms with E-state index < -0.39 is 11.7 Å². The molecular formula is C17H30N4O5. The fraction of sp³-hybridized carbons (Fsp3) is 0.824. The molecule has 0 aromatic carbocycles. The Bertz CT molecular complexity index is 467.